The Balaban J connectivity index is 2.00. The van der Waals surface area contributed by atoms with Crippen molar-refractivity contribution in [1.29, 1.82) is 0 Å². The first-order chi connectivity index (χ1) is 8.70. The fraction of sp³-hybridized carbons (Fsp3) is 0.333. The first-order valence-electron chi connectivity index (χ1n) is 5.66. The van der Waals surface area contributed by atoms with Crippen molar-refractivity contribution >= 4 is 17.2 Å². The van der Waals surface area contributed by atoms with E-state index in [1.165, 1.54) is 11.3 Å². The highest BCUT2D eigenvalue weighted by molar-refractivity contribution is 7.13. The van der Waals surface area contributed by atoms with Crippen LogP contribution in [0.15, 0.2) is 23.0 Å². The zero-order valence-corrected chi connectivity index (χ0v) is 10.9. The van der Waals surface area contributed by atoms with Crippen LogP contribution in [-0.4, -0.2) is 17.4 Å². The largest absolute Gasteiger partial charge is 0.472 e. The molecule has 0 spiro atoms. The molecule has 0 saturated carbocycles. The van der Waals surface area contributed by atoms with Gasteiger partial charge in [-0.3, -0.25) is 4.79 Å². The molecule has 0 bridgehead atoms. The summed E-state index contributed by atoms with van der Waals surface area (Å²) in [5.41, 5.74) is 7.17. The number of carbonyl (C=O) groups is 1. The van der Waals surface area contributed by atoms with E-state index in [1.54, 1.807) is 12.5 Å². The SMILES string of the molecule is Cc1nc(CCN)sc1C(=O)NCc1ccoc1. The van der Waals surface area contributed by atoms with E-state index in [1.807, 2.05) is 13.0 Å². The molecule has 0 aromatic carbocycles. The molecule has 2 aromatic rings. The third-order valence-corrected chi connectivity index (χ3v) is 3.65. The summed E-state index contributed by atoms with van der Waals surface area (Å²) in [6.07, 6.45) is 3.90. The minimum absolute atomic E-state index is 0.102. The van der Waals surface area contributed by atoms with Crippen molar-refractivity contribution in [3.8, 4) is 0 Å². The van der Waals surface area contributed by atoms with E-state index >= 15 is 0 Å². The van der Waals surface area contributed by atoms with Crippen LogP contribution in [0, 0.1) is 6.92 Å². The van der Waals surface area contributed by atoms with E-state index in [-0.39, 0.29) is 5.91 Å². The standard InChI is InChI=1S/C12H15N3O2S/c1-8-11(18-10(15-8)2-4-13)12(16)14-6-9-3-5-17-7-9/h3,5,7H,2,4,6,13H2,1H3,(H,14,16). The second-order valence-electron chi connectivity index (χ2n) is 3.88. The minimum Gasteiger partial charge on any atom is -0.472 e. The van der Waals surface area contributed by atoms with Gasteiger partial charge in [-0.2, -0.15) is 0 Å². The number of amides is 1. The summed E-state index contributed by atoms with van der Waals surface area (Å²) in [4.78, 5) is 17.0. The monoisotopic (exact) mass is 265 g/mol. The van der Waals surface area contributed by atoms with Crippen LogP contribution in [0.25, 0.3) is 0 Å². The normalized spacial score (nSPS) is 10.6. The van der Waals surface area contributed by atoms with E-state index in [4.69, 9.17) is 10.2 Å². The molecule has 18 heavy (non-hydrogen) atoms. The number of aromatic nitrogens is 1. The van der Waals surface area contributed by atoms with Crippen LogP contribution < -0.4 is 11.1 Å². The van der Waals surface area contributed by atoms with Gasteiger partial charge in [-0.25, -0.2) is 4.98 Å². The van der Waals surface area contributed by atoms with Gasteiger partial charge < -0.3 is 15.5 Å². The zero-order valence-electron chi connectivity index (χ0n) is 10.1. The lowest BCUT2D eigenvalue weighted by Gasteiger charge is -2.01. The molecule has 1 amide bonds. The van der Waals surface area contributed by atoms with Gasteiger partial charge in [-0.15, -0.1) is 11.3 Å². The van der Waals surface area contributed by atoms with Gasteiger partial charge in [0.25, 0.3) is 5.91 Å². The van der Waals surface area contributed by atoms with Gasteiger partial charge in [0, 0.05) is 18.5 Å². The highest BCUT2D eigenvalue weighted by Crippen LogP contribution is 2.18. The Morgan fingerprint density at radius 3 is 3.11 bits per heavy atom. The van der Waals surface area contributed by atoms with Crippen molar-refractivity contribution < 1.29 is 9.21 Å². The van der Waals surface area contributed by atoms with Gasteiger partial charge >= 0.3 is 0 Å². The van der Waals surface area contributed by atoms with Crippen LogP contribution in [-0.2, 0) is 13.0 Å². The summed E-state index contributed by atoms with van der Waals surface area (Å²) in [5.74, 6) is -0.102. The fourth-order valence-corrected chi connectivity index (χ4v) is 2.55. The Labute approximate surface area is 109 Å². The van der Waals surface area contributed by atoms with Crippen molar-refractivity contribution in [3.05, 3.63) is 39.7 Å². The predicted octanol–water partition coefficient (Wildman–Crippen LogP) is 1.48. The number of nitrogens with two attached hydrogens (primary N) is 1. The zero-order chi connectivity index (χ0) is 13.0. The second-order valence-corrected chi connectivity index (χ2v) is 4.96. The van der Waals surface area contributed by atoms with E-state index in [9.17, 15) is 4.79 Å². The number of hydrogen-bond acceptors (Lipinski definition) is 5. The van der Waals surface area contributed by atoms with E-state index in [0.717, 1.165) is 16.3 Å². The molecule has 0 saturated heterocycles. The molecular weight excluding hydrogens is 250 g/mol. The molecule has 0 fully saturated rings. The highest BCUT2D eigenvalue weighted by atomic mass is 32.1. The molecule has 0 atom stereocenters. The third-order valence-electron chi connectivity index (χ3n) is 2.44. The lowest BCUT2D eigenvalue weighted by atomic mass is 10.3. The number of nitrogens with zero attached hydrogens (tertiary/aromatic N) is 1. The summed E-state index contributed by atoms with van der Waals surface area (Å²) >= 11 is 1.40. The molecule has 0 aliphatic heterocycles. The van der Waals surface area contributed by atoms with Crippen molar-refractivity contribution in [3.63, 3.8) is 0 Å². The fourth-order valence-electron chi connectivity index (χ4n) is 1.55. The Morgan fingerprint density at radius 2 is 2.44 bits per heavy atom. The van der Waals surface area contributed by atoms with Crippen LogP contribution >= 0.6 is 11.3 Å². The predicted molar refractivity (Wildman–Crippen MR) is 69.5 cm³/mol. The molecule has 2 aromatic heterocycles. The third kappa shape index (κ3) is 2.96. The Bertz CT molecular complexity index is 519. The summed E-state index contributed by atoms with van der Waals surface area (Å²) < 4.78 is 4.94. The maximum absolute atomic E-state index is 12.0. The maximum atomic E-state index is 12.0. The molecule has 0 aliphatic rings. The lowest BCUT2D eigenvalue weighted by molar-refractivity contribution is 0.0954. The average molecular weight is 265 g/mol. The van der Waals surface area contributed by atoms with Gasteiger partial charge in [0.15, 0.2) is 0 Å². The Hall–Kier alpha value is -1.66. The summed E-state index contributed by atoms with van der Waals surface area (Å²) in [6, 6.07) is 1.82. The van der Waals surface area contributed by atoms with Gasteiger partial charge in [0.1, 0.15) is 4.88 Å². The number of thiazole rings is 1. The van der Waals surface area contributed by atoms with Crippen molar-refractivity contribution in [2.75, 3.05) is 6.54 Å². The molecule has 96 valence electrons. The number of hydrogen-bond donors (Lipinski definition) is 2. The van der Waals surface area contributed by atoms with E-state index in [2.05, 4.69) is 10.3 Å². The van der Waals surface area contributed by atoms with Crippen LogP contribution in [0.3, 0.4) is 0 Å². The number of furan rings is 1. The highest BCUT2D eigenvalue weighted by Gasteiger charge is 2.14. The van der Waals surface area contributed by atoms with Gasteiger partial charge in [0.2, 0.25) is 0 Å². The minimum atomic E-state index is -0.102. The van der Waals surface area contributed by atoms with E-state index < -0.39 is 0 Å². The molecule has 0 aliphatic carbocycles. The number of carbonyl (C=O) groups excluding carboxylic acids is 1. The van der Waals surface area contributed by atoms with Crippen molar-refractivity contribution in [2.45, 2.75) is 19.9 Å². The average Bonchev–Trinajstić information content (AvgIpc) is 2.96. The van der Waals surface area contributed by atoms with Crippen LogP contribution in [0.2, 0.25) is 0 Å². The lowest BCUT2D eigenvalue weighted by Crippen LogP contribution is -2.22. The summed E-state index contributed by atoms with van der Waals surface area (Å²) in [6.45, 7) is 2.84. The second kappa shape index (κ2) is 5.79. The molecule has 0 radical (unpaired) electrons. The van der Waals surface area contributed by atoms with Gasteiger partial charge in [-0.05, 0) is 19.5 Å². The van der Waals surface area contributed by atoms with Crippen LogP contribution in [0.1, 0.15) is 25.9 Å². The molecule has 2 heterocycles. The van der Waals surface area contributed by atoms with Gasteiger partial charge in [0.05, 0.1) is 23.2 Å². The number of rotatable bonds is 5. The smallest absolute Gasteiger partial charge is 0.263 e. The number of nitrogens with one attached hydrogen (secondary N) is 1. The Morgan fingerprint density at radius 1 is 1.61 bits per heavy atom. The maximum Gasteiger partial charge on any atom is 0.263 e. The quantitative estimate of drug-likeness (QED) is 0.858. The molecule has 3 N–H and O–H groups in total. The number of aryl methyl sites for hydroxylation is 1. The molecule has 5 nitrogen and oxygen atoms in total. The molecule has 6 heteroatoms. The van der Waals surface area contributed by atoms with Crippen LogP contribution in [0.5, 0.6) is 0 Å². The first-order valence-corrected chi connectivity index (χ1v) is 6.48. The van der Waals surface area contributed by atoms with Crippen molar-refractivity contribution in [1.82, 2.24) is 10.3 Å². The van der Waals surface area contributed by atoms with Gasteiger partial charge in [-0.1, -0.05) is 0 Å². The summed E-state index contributed by atoms with van der Waals surface area (Å²) in [7, 11) is 0. The summed E-state index contributed by atoms with van der Waals surface area (Å²) in [5, 5.41) is 3.74. The van der Waals surface area contributed by atoms with E-state index in [0.29, 0.717) is 24.4 Å². The topological polar surface area (TPSA) is 81.1 Å². The van der Waals surface area contributed by atoms with Crippen molar-refractivity contribution in [2.24, 2.45) is 5.73 Å². The Kier molecular flexibility index (Phi) is 4.11. The van der Waals surface area contributed by atoms with Crippen LogP contribution in [0.4, 0.5) is 0 Å². The molecular formula is C12H15N3O2S. The molecule has 2 rings (SSSR count). The first kappa shape index (κ1) is 12.8. The molecule has 0 unspecified atom stereocenters.